The van der Waals surface area contributed by atoms with Crippen LogP contribution in [0.15, 0.2) is 97.1 Å². The Kier molecular flexibility index (Phi) is 9.18. The molecule has 3 aliphatic carbocycles. The second-order valence-corrected chi connectivity index (χ2v) is 26.6. The van der Waals surface area contributed by atoms with E-state index in [1.165, 1.54) is 125 Å². The maximum Gasteiger partial charge on any atom is 0.252 e. The normalized spacial score (nSPS) is 20.4. The van der Waals surface area contributed by atoms with Crippen LogP contribution in [0.25, 0.3) is 0 Å². The molecule has 2 aliphatic heterocycles. The van der Waals surface area contributed by atoms with E-state index in [0.717, 1.165) is 12.8 Å². The van der Waals surface area contributed by atoms with E-state index in [0.29, 0.717) is 0 Å². The van der Waals surface area contributed by atoms with Gasteiger partial charge < -0.3 is 9.80 Å². The van der Waals surface area contributed by atoms with Gasteiger partial charge in [0, 0.05) is 39.5 Å². The summed E-state index contributed by atoms with van der Waals surface area (Å²) in [5.74, 6) is 0. The zero-order chi connectivity index (χ0) is 47.9. The lowest BCUT2D eigenvalue weighted by Gasteiger charge is -2.48. The molecule has 0 saturated heterocycles. The number of hydrogen-bond acceptors (Lipinski definition) is 2. The predicted molar refractivity (Wildman–Crippen MR) is 290 cm³/mol. The van der Waals surface area contributed by atoms with Crippen molar-refractivity contribution in [1.29, 1.82) is 0 Å². The minimum atomic E-state index is -0.204. The van der Waals surface area contributed by atoms with Crippen LogP contribution in [0.2, 0.25) is 0 Å². The minimum absolute atomic E-state index is 0.0379. The number of fused-ring (bicyclic) bond motifs is 7. The molecular weight excluding hydrogens is 808 g/mol. The van der Waals surface area contributed by atoms with Crippen LogP contribution in [0, 0.1) is 20.8 Å². The molecule has 0 bridgehead atoms. The van der Waals surface area contributed by atoms with E-state index in [-0.39, 0.29) is 44.6 Å². The van der Waals surface area contributed by atoms with Crippen LogP contribution >= 0.6 is 0 Å². The summed E-state index contributed by atoms with van der Waals surface area (Å²) >= 11 is 0. The van der Waals surface area contributed by atoms with Crippen LogP contribution in [0.3, 0.4) is 0 Å². The van der Waals surface area contributed by atoms with Crippen molar-refractivity contribution in [3.05, 3.63) is 158 Å². The average molecular weight is 883 g/mol. The molecule has 2 heterocycles. The summed E-state index contributed by atoms with van der Waals surface area (Å²) in [6.07, 6.45) is 4.65. The van der Waals surface area contributed by atoms with Gasteiger partial charge in [0.1, 0.15) is 0 Å². The van der Waals surface area contributed by atoms with E-state index < -0.39 is 0 Å². The Bertz CT molecular complexity index is 3100. The summed E-state index contributed by atoms with van der Waals surface area (Å²) in [6.45, 7) is 41.6. The largest absolute Gasteiger partial charge is 0.311 e. The molecular formula is C64H75BN2. The van der Waals surface area contributed by atoms with Gasteiger partial charge in [0.05, 0.1) is 0 Å². The topological polar surface area (TPSA) is 6.48 Å². The Morgan fingerprint density at radius 3 is 1.33 bits per heavy atom. The van der Waals surface area contributed by atoms with E-state index in [9.17, 15) is 0 Å². The van der Waals surface area contributed by atoms with Crippen LogP contribution < -0.4 is 26.2 Å². The quantitative estimate of drug-likeness (QED) is 0.163. The van der Waals surface area contributed by atoms with Crippen molar-refractivity contribution in [2.45, 2.75) is 181 Å². The number of nitrogens with zero attached hydrogens (tertiary/aromatic N) is 2. The number of anilines is 6. The fourth-order valence-electron chi connectivity index (χ4n) is 14.8. The summed E-state index contributed by atoms with van der Waals surface area (Å²) in [6, 6.07) is 39.5. The molecule has 0 fully saturated rings. The van der Waals surface area contributed by atoms with Crippen LogP contribution in [0.5, 0.6) is 0 Å². The lowest BCUT2D eigenvalue weighted by Crippen LogP contribution is -2.62. The molecule has 67 heavy (non-hydrogen) atoms. The van der Waals surface area contributed by atoms with E-state index in [4.69, 9.17) is 0 Å². The molecule has 0 N–H and O–H groups in total. The summed E-state index contributed by atoms with van der Waals surface area (Å²) in [4.78, 5) is 5.44. The molecule has 0 aromatic heterocycles. The van der Waals surface area contributed by atoms with E-state index in [1.54, 1.807) is 0 Å². The molecule has 0 saturated carbocycles. The van der Waals surface area contributed by atoms with Gasteiger partial charge in [-0.1, -0.05) is 158 Å². The smallest absolute Gasteiger partial charge is 0.252 e. The summed E-state index contributed by atoms with van der Waals surface area (Å²) in [5.41, 5.74) is 28.2. The zero-order valence-electron chi connectivity index (χ0n) is 44.0. The first-order chi connectivity index (χ1) is 31.1. The Hall–Kier alpha value is -5.02. The van der Waals surface area contributed by atoms with Crippen LogP contribution in [0.4, 0.5) is 34.1 Å². The number of rotatable bonds is 4. The fourth-order valence-corrected chi connectivity index (χ4v) is 14.8. The van der Waals surface area contributed by atoms with Gasteiger partial charge in [0.15, 0.2) is 0 Å². The van der Waals surface area contributed by atoms with Crippen LogP contribution in [-0.4, -0.2) is 6.71 Å². The third kappa shape index (κ3) is 6.34. The predicted octanol–water partition coefficient (Wildman–Crippen LogP) is 15.3. The lowest BCUT2D eigenvalue weighted by molar-refractivity contribution is 0.332. The maximum atomic E-state index is 2.74. The van der Waals surface area contributed by atoms with Gasteiger partial charge in [-0.15, -0.1) is 0 Å². The molecule has 0 radical (unpaired) electrons. The third-order valence-corrected chi connectivity index (χ3v) is 18.2. The number of aryl methyl sites for hydroxylation is 3. The Labute approximate surface area is 404 Å². The Morgan fingerprint density at radius 2 is 0.821 bits per heavy atom. The van der Waals surface area contributed by atoms with Crippen molar-refractivity contribution < 1.29 is 0 Å². The van der Waals surface area contributed by atoms with Crippen molar-refractivity contribution in [1.82, 2.24) is 0 Å². The first-order valence-electron chi connectivity index (χ1n) is 25.6. The average Bonchev–Trinajstić information content (AvgIpc) is 3.54. The highest BCUT2D eigenvalue weighted by Gasteiger charge is 2.49. The highest BCUT2D eigenvalue weighted by atomic mass is 15.2. The molecule has 6 aromatic rings. The molecule has 0 unspecified atom stereocenters. The Morgan fingerprint density at radius 1 is 0.403 bits per heavy atom. The molecule has 5 aliphatic rings. The van der Waals surface area contributed by atoms with Gasteiger partial charge >= 0.3 is 0 Å². The molecule has 0 spiro atoms. The standard InChI is InChI=1S/C64H75BN2/c1-38-27-55-57-56(28-38)67(53-34-48-44(30-40(53)3)61(10,11)37-63(48,14)15)54-35-46-45(58(4,5)25-26-59(46,6)7)32-50(54)65(57)49-31-42(64(16,17)41-21-19-18-20-22-41)23-24-51(49)66(55)52-33-47-43(29-39(52)2)60(8,9)36-62(47,12)13/h18-24,27-35H,25-26,36-37H2,1-17H3. The molecule has 0 amide bonds. The molecule has 2 nitrogen and oxygen atoms in total. The Balaban J connectivity index is 1.27. The molecule has 344 valence electrons. The second-order valence-electron chi connectivity index (χ2n) is 26.6. The maximum absolute atomic E-state index is 2.74. The second kappa shape index (κ2) is 13.8. The van der Waals surface area contributed by atoms with Gasteiger partial charge in [0.25, 0.3) is 6.71 Å². The summed E-state index contributed by atoms with van der Waals surface area (Å²) in [5, 5.41) is 0. The van der Waals surface area contributed by atoms with Crippen molar-refractivity contribution in [3.8, 4) is 0 Å². The monoisotopic (exact) mass is 883 g/mol. The van der Waals surface area contributed by atoms with E-state index >= 15 is 0 Å². The van der Waals surface area contributed by atoms with Gasteiger partial charge in [-0.2, -0.15) is 0 Å². The van der Waals surface area contributed by atoms with E-state index in [2.05, 4.69) is 225 Å². The first-order valence-corrected chi connectivity index (χ1v) is 25.6. The summed E-state index contributed by atoms with van der Waals surface area (Å²) < 4.78 is 0. The highest BCUT2D eigenvalue weighted by molar-refractivity contribution is 7.00. The fraction of sp³-hybridized carbons (Fsp3) is 0.438. The molecule has 11 rings (SSSR count). The molecule has 0 atom stereocenters. The number of benzene rings is 6. The van der Waals surface area contributed by atoms with Crippen molar-refractivity contribution >= 4 is 57.2 Å². The highest BCUT2D eigenvalue weighted by Crippen LogP contribution is 2.56. The van der Waals surface area contributed by atoms with E-state index in [1.807, 2.05) is 0 Å². The van der Waals surface area contributed by atoms with Crippen LogP contribution in [-0.2, 0) is 37.9 Å². The lowest BCUT2D eigenvalue weighted by atomic mass is 9.33. The van der Waals surface area contributed by atoms with Crippen LogP contribution in [0.1, 0.15) is 184 Å². The van der Waals surface area contributed by atoms with Crippen molar-refractivity contribution in [2.75, 3.05) is 9.80 Å². The zero-order valence-corrected chi connectivity index (χ0v) is 44.0. The van der Waals surface area contributed by atoms with Crippen molar-refractivity contribution in [3.63, 3.8) is 0 Å². The number of hydrogen-bond donors (Lipinski definition) is 0. The van der Waals surface area contributed by atoms with Gasteiger partial charge in [0.2, 0.25) is 0 Å². The SMILES string of the molecule is Cc1cc2c3c(c1)N(c1cc4c(cc1C)C(C)(C)CC4(C)C)c1cc4c(cc1B3c1cc(C(C)(C)c3ccccc3)ccc1N2c1cc2c(cc1C)C(C)(C)CC2(C)C)C(C)(C)CCC4(C)C. The third-order valence-electron chi connectivity index (χ3n) is 18.2. The van der Waals surface area contributed by atoms with Crippen molar-refractivity contribution in [2.24, 2.45) is 0 Å². The summed E-state index contributed by atoms with van der Waals surface area (Å²) in [7, 11) is 0. The molecule has 6 aromatic carbocycles. The van der Waals surface area contributed by atoms with Gasteiger partial charge in [-0.25, -0.2) is 0 Å². The minimum Gasteiger partial charge on any atom is -0.311 e. The molecule has 3 heteroatoms. The first kappa shape index (κ1) is 44.5. The van der Waals surface area contributed by atoms with Gasteiger partial charge in [-0.3, -0.25) is 0 Å². The van der Waals surface area contributed by atoms with Gasteiger partial charge in [-0.05, 0) is 193 Å².